The van der Waals surface area contributed by atoms with Gasteiger partial charge in [-0.2, -0.15) is 0 Å². The molecule has 0 aliphatic carbocycles. The largest absolute Gasteiger partial charge is 0.361 e. The Labute approximate surface area is 202 Å². The number of aromatic amines is 1. The molecule has 1 fully saturated rings. The number of nitrogens with one attached hydrogen (secondary N) is 2. The van der Waals surface area contributed by atoms with Crippen LogP contribution in [0.25, 0.3) is 10.9 Å². The molecule has 8 heteroatoms. The summed E-state index contributed by atoms with van der Waals surface area (Å²) in [6.45, 7) is 1.48. The van der Waals surface area contributed by atoms with Crippen LogP contribution >= 0.6 is 11.8 Å². The number of piperidine rings is 1. The normalized spacial score (nSPS) is 14.4. The van der Waals surface area contributed by atoms with Gasteiger partial charge in [0.1, 0.15) is 0 Å². The molecule has 0 unspecified atom stereocenters. The summed E-state index contributed by atoms with van der Waals surface area (Å²) in [5.41, 5.74) is 3.84. The van der Waals surface area contributed by atoms with E-state index in [2.05, 4.69) is 39.7 Å². The molecule has 34 heavy (non-hydrogen) atoms. The number of para-hydroxylation sites is 1. The topological polar surface area (TPSA) is 83.0 Å². The number of carbonyl (C=O) groups excluding carboxylic acids is 2. The van der Waals surface area contributed by atoms with Crippen molar-refractivity contribution in [3.8, 4) is 0 Å². The van der Waals surface area contributed by atoms with Gasteiger partial charge in [0.2, 0.25) is 5.91 Å². The van der Waals surface area contributed by atoms with Crippen LogP contribution in [-0.2, 0) is 11.8 Å². The predicted octanol–water partition coefficient (Wildman–Crippen LogP) is 4.65. The summed E-state index contributed by atoms with van der Waals surface area (Å²) in [4.78, 5) is 34.8. The van der Waals surface area contributed by atoms with E-state index in [0.29, 0.717) is 17.2 Å². The standard InChI is InChI=1S/C26H27N5O2S/c1-30-15-12-27-26(30)34-17-24(32)29-20-8-6-19(7-9-20)25(33)31-13-10-18(11-14-31)22-16-28-23-5-3-2-4-21(22)23/h2-9,12,15-16,18,28H,10-11,13-14,17H2,1H3,(H,29,32). The lowest BCUT2D eigenvalue weighted by molar-refractivity contribution is -0.113. The number of hydrogen-bond donors (Lipinski definition) is 2. The highest BCUT2D eigenvalue weighted by atomic mass is 32.2. The molecular formula is C26H27N5O2S. The van der Waals surface area contributed by atoms with Crippen molar-refractivity contribution in [2.45, 2.75) is 23.9 Å². The van der Waals surface area contributed by atoms with Gasteiger partial charge in [-0.3, -0.25) is 9.59 Å². The second-order valence-corrected chi connectivity index (χ2v) is 9.53. The first-order chi connectivity index (χ1) is 16.6. The maximum atomic E-state index is 13.0. The molecule has 4 aromatic rings. The zero-order valence-electron chi connectivity index (χ0n) is 19.0. The van der Waals surface area contributed by atoms with Crippen molar-refractivity contribution < 1.29 is 9.59 Å². The quantitative estimate of drug-likeness (QED) is 0.399. The van der Waals surface area contributed by atoms with E-state index >= 15 is 0 Å². The van der Waals surface area contributed by atoms with Gasteiger partial charge in [0.25, 0.3) is 5.91 Å². The van der Waals surface area contributed by atoms with Crippen LogP contribution in [0.1, 0.15) is 34.7 Å². The number of fused-ring (bicyclic) bond motifs is 1. The van der Waals surface area contributed by atoms with Crippen LogP contribution in [0.15, 0.2) is 72.3 Å². The number of likely N-dealkylation sites (tertiary alicyclic amines) is 1. The third kappa shape index (κ3) is 4.72. The lowest BCUT2D eigenvalue weighted by atomic mass is 9.89. The molecular weight excluding hydrogens is 446 g/mol. The molecule has 1 saturated heterocycles. The number of rotatable bonds is 6. The molecule has 2 aromatic heterocycles. The first-order valence-electron chi connectivity index (χ1n) is 11.4. The summed E-state index contributed by atoms with van der Waals surface area (Å²) in [7, 11) is 1.90. The number of aromatic nitrogens is 3. The molecule has 7 nitrogen and oxygen atoms in total. The van der Waals surface area contributed by atoms with Crippen LogP contribution in [0.3, 0.4) is 0 Å². The molecule has 3 heterocycles. The molecule has 0 bridgehead atoms. The molecule has 1 aliphatic rings. The average Bonchev–Trinajstić information content (AvgIpc) is 3.49. The van der Waals surface area contributed by atoms with Crippen molar-refractivity contribution in [1.82, 2.24) is 19.4 Å². The molecule has 0 spiro atoms. The Morgan fingerprint density at radius 2 is 1.88 bits per heavy atom. The molecule has 2 amide bonds. The predicted molar refractivity (Wildman–Crippen MR) is 135 cm³/mol. The van der Waals surface area contributed by atoms with Gasteiger partial charge in [0.05, 0.1) is 5.75 Å². The van der Waals surface area contributed by atoms with E-state index in [1.165, 1.54) is 28.2 Å². The number of amides is 2. The summed E-state index contributed by atoms with van der Waals surface area (Å²) >= 11 is 1.38. The molecule has 0 radical (unpaired) electrons. The Kier molecular flexibility index (Phi) is 6.40. The van der Waals surface area contributed by atoms with Crippen LogP contribution < -0.4 is 5.32 Å². The van der Waals surface area contributed by atoms with E-state index in [4.69, 9.17) is 0 Å². The van der Waals surface area contributed by atoms with Crippen molar-refractivity contribution in [3.05, 3.63) is 78.2 Å². The minimum atomic E-state index is -0.105. The van der Waals surface area contributed by atoms with Gasteiger partial charge in [0, 0.05) is 60.9 Å². The maximum Gasteiger partial charge on any atom is 0.253 e. The van der Waals surface area contributed by atoms with Crippen molar-refractivity contribution in [3.63, 3.8) is 0 Å². The van der Waals surface area contributed by atoms with Gasteiger partial charge in [-0.05, 0) is 54.7 Å². The molecule has 2 N–H and O–H groups in total. The summed E-state index contributed by atoms with van der Waals surface area (Å²) in [6.07, 6.45) is 7.58. The zero-order valence-corrected chi connectivity index (χ0v) is 19.8. The second kappa shape index (κ2) is 9.77. The number of anilines is 1. The second-order valence-electron chi connectivity index (χ2n) is 8.59. The lowest BCUT2D eigenvalue weighted by Crippen LogP contribution is -2.37. The molecule has 1 aliphatic heterocycles. The van der Waals surface area contributed by atoms with Crippen LogP contribution in [-0.4, -0.2) is 50.1 Å². The van der Waals surface area contributed by atoms with Crippen molar-refractivity contribution in [2.75, 3.05) is 24.2 Å². The zero-order chi connectivity index (χ0) is 23.5. The molecule has 5 rings (SSSR count). The van der Waals surface area contributed by atoms with Gasteiger partial charge in [0.15, 0.2) is 5.16 Å². The van der Waals surface area contributed by atoms with Crippen LogP contribution in [0.2, 0.25) is 0 Å². The lowest BCUT2D eigenvalue weighted by Gasteiger charge is -2.32. The third-order valence-corrected chi connectivity index (χ3v) is 7.43. The maximum absolute atomic E-state index is 13.0. The fourth-order valence-electron chi connectivity index (χ4n) is 4.52. The SMILES string of the molecule is Cn1ccnc1SCC(=O)Nc1ccc(C(=O)N2CCC(c3c[nH]c4ccccc34)CC2)cc1. The minimum Gasteiger partial charge on any atom is -0.361 e. The Bertz CT molecular complexity index is 1300. The highest BCUT2D eigenvalue weighted by Crippen LogP contribution is 2.33. The Hall–Kier alpha value is -3.52. The highest BCUT2D eigenvalue weighted by molar-refractivity contribution is 7.99. The summed E-state index contributed by atoms with van der Waals surface area (Å²) < 4.78 is 1.88. The fourth-order valence-corrected chi connectivity index (χ4v) is 5.25. The van der Waals surface area contributed by atoms with Crippen LogP contribution in [0.5, 0.6) is 0 Å². The van der Waals surface area contributed by atoms with E-state index in [9.17, 15) is 9.59 Å². The van der Waals surface area contributed by atoms with Gasteiger partial charge in [-0.1, -0.05) is 30.0 Å². The van der Waals surface area contributed by atoms with E-state index in [1.807, 2.05) is 28.8 Å². The van der Waals surface area contributed by atoms with Crippen molar-refractivity contribution in [2.24, 2.45) is 7.05 Å². The molecule has 0 saturated carbocycles. The Balaban J connectivity index is 1.14. The smallest absolute Gasteiger partial charge is 0.253 e. The minimum absolute atomic E-state index is 0.0422. The van der Waals surface area contributed by atoms with E-state index in [1.54, 1.807) is 30.5 Å². The highest BCUT2D eigenvalue weighted by Gasteiger charge is 2.26. The van der Waals surface area contributed by atoms with Gasteiger partial charge >= 0.3 is 0 Å². The third-order valence-electron chi connectivity index (χ3n) is 6.37. The first kappa shape index (κ1) is 22.3. The molecule has 0 atom stereocenters. The van der Waals surface area contributed by atoms with Crippen molar-refractivity contribution >= 4 is 40.2 Å². The van der Waals surface area contributed by atoms with Crippen LogP contribution in [0.4, 0.5) is 5.69 Å². The average molecular weight is 474 g/mol. The summed E-state index contributed by atoms with van der Waals surface area (Å²) in [5.74, 6) is 0.671. The Morgan fingerprint density at radius 3 is 2.62 bits per heavy atom. The van der Waals surface area contributed by atoms with Gasteiger partial charge in [-0.15, -0.1) is 0 Å². The fraction of sp³-hybridized carbons (Fsp3) is 0.269. The number of hydrogen-bond acceptors (Lipinski definition) is 4. The summed E-state index contributed by atoms with van der Waals surface area (Å²) in [5, 5.41) is 4.96. The number of aryl methyl sites for hydroxylation is 1. The molecule has 174 valence electrons. The van der Waals surface area contributed by atoms with Gasteiger partial charge in [-0.25, -0.2) is 4.98 Å². The van der Waals surface area contributed by atoms with E-state index < -0.39 is 0 Å². The molecule has 2 aromatic carbocycles. The van der Waals surface area contributed by atoms with Crippen molar-refractivity contribution in [1.29, 1.82) is 0 Å². The monoisotopic (exact) mass is 473 g/mol. The van der Waals surface area contributed by atoms with E-state index in [0.717, 1.165) is 31.1 Å². The van der Waals surface area contributed by atoms with Gasteiger partial charge < -0.3 is 19.8 Å². The number of thioether (sulfide) groups is 1. The number of imidazole rings is 1. The van der Waals surface area contributed by atoms with E-state index in [-0.39, 0.29) is 17.6 Å². The number of H-pyrrole nitrogens is 1. The Morgan fingerprint density at radius 1 is 1.12 bits per heavy atom. The number of nitrogens with zero attached hydrogens (tertiary/aromatic N) is 3. The van der Waals surface area contributed by atoms with Crippen LogP contribution in [0, 0.1) is 0 Å². The summed E-state index contributed by atoms with van der Waals surface area (Å²) in [6, 6.07) is 15.5. The number of carbonyl (C=O) groups is 2. The number of benzene rings is 2. The first-order valence-corrected chi connectivity index (χ1v) is 12.4.